The third kappa shape index (κ3) is 3.49. The highest BCUT2D eigenvalue weighted by molar-refractivity contribution is 7.13. The van der Waals surface area contributed by atoms with Crippen LogP contribution in [-0.4, -0.2) is 24.0 Å². The number of hydrogen-bond donors (Lipinski definition) is 1. The normalized spacial score (nSPS) is 13.5. The summed E-state index contributed by atoms with van der Waals surface area (Å²) in [5.41, 5.74) is 2.82. The van der Waals surface area contributed by atoms with Crippen molar-refractivity contribution in [3.8, 4) is 5.75 Å². The van der Waals surface area contributed by atoms with E-state index < -0.39 is 0 Å². The molecule has 0 fully saturated rings. The average Bonchev–Trinajstić information content (AvgIpc) is 3.06. The van der Waals surface area contributed by atoms with E-state index in [9.17, 15) is 4.79 Å². The first-order valence-corrected chi connectivity index (χ1v) is 8.94. The van der Waals surface area contributed by atoms with Gasteiger partial charge in [0.05, 0.1) is 6.54 Å². The lowest BCUT2D eigenvalue weighted by Crippen LogP contribution is -2.25. The fraction of sp³-hybridized carbons (Fsp3) is 0.158. The van der Waals surface area contributed by atoms with Crippen LogP contribution >= 0.6 is 11.3 Å². The molecule has 5 nitrogen and oxygen atoms in total. The minimum atomic E-state index is -0.175. The maximum Gasteiger partial charge on any atom is 0.257 e. The van der Waals surface area contributed by atoms with Gasteiger partial charge in [-0.3, -0.25) is 10.1 Å². The van der Waals surface area contributed by atoms with Crippen LogP contribution in [0.5, 0.6) is 5.75 Å². The van der Waals surface area contributed by atoms with E-state index in [1.165, 1.54) is 17.0 Å². The molecule has 6 heteroatoms. The number of ether oxygens (including phenoxy) is 1. The van der Waals surface area contributed by atoms with E-state index in [0.29, 0.717) is 17.3 Å². The predicted octanol–water partition coefficient (Wildman–Crippen LogP) is 3.79. The first-order chi connectivity index (χ1) is 12.3. The van der Waals surface area contributed by atoms with E-state index in [-0.39, 0.29) is 5.91 Å². The van der Waals surface area contributed by atoms with Crippen LogP contribution in [0.25, 0.3) is 0 Å². The van der Waals surface area contributed by atoms with Gasteiger partial charge in [-0.05, 0) is 24.3 Å². The van der Waals surface area contributed by atoms with Crippen LogP contribution in [0.4, 0.5) is 10.8 Å². The van der Waals surface area contributed by atoms with E-state index >= 15 is 0 Å². The molecule has 1 N–H and O–H groups in total. The van der Waals surface area contributed by atoms with Gasteiger partial charge in [-0.1, -0.05) is 24.3 Å². The number of benzene rings is 2. The highest BCUT2D eigenvalue weighted by Gasteiger charge is 2.18. The molecule has 0 aliphatic carbocycles. The number of carbonyl (C=O) groups excluding carboxylic acids is 1. The molecule has 0 saturated carbocycles. The summed E-state index contributed by atoms with van der Waals surface area (Å²) in [6, 6.07) is 15.9. The lowest BCUT2D eigenvalue weighted by Gasteiger charge is -2.21. The Balaban J connectivity index is 1.55. The van der Waals surface area contributed by atoms with Gasteiger partial charge in [0.25, 0.3) is 5.91 Å². The smallest absolute Gasteiger partial charge is 0.257 e. The second-order valence-corrected chi connectivity index (χ2v) is 6.61. The lowest BCUT2D eigenvalue weighted by atomic mass is 10.1. The van der Waals surface area contributed by atoms with Gasteiger partial charge in [-0.15, -0.1) is 11.3 Å². The third-order valence-corrected chi connectivity index (χ3v) is 4.77. The van der Waals surface area contributed by atoms with Crippen LogP contribution < -0.4 is 15.0 Å². The van der Waals surface area contributed by atoms with Crippen molar-refractivity contribution in [2.45, 2.75) is 6.54 Å². The Morgan fingerprint density at radius 3 is 2.88 bits per heavy atom. The maximum atomic E-state index is 12.4. The molecule has 1 aliphatic rings. The molecular formula is C19H17N3O2S. The third-order valence-electron chi connectivity index (χ3n) is 4.08. The van der Waals surface area contributed by atoms with Crippen molar-refractivity contribution in [1.82, 2.24) is 4.98 Å². The predicted molar refractivity (Wildman–Crippen MR) is 99.5 cm³/mol. The molecule has 0 radical (unpaired) electrons. The Labute approximate surface area is 149 Å². The quantitative estimate of drug-likeness (QED) is 0.780. The van der Waals surface area contributed by atoms with Crippen LogP contribution in [0.3, 0.4) is 0 Å². The van der Waals surface area contributed by atoms with Crippen molar-refractivity contribution < 1.29 is 9.53 Å². The molecule has 1 aromatic heterocycles. The second-order valence-electron chi connectivity index (χ2n) is 5.72. The summed E-state index contributed by atoms with van der Waals surface area (Å²) in [7, 11) is 0. The standard InChI is InChI=1S/C19H17N3O2S/c23-18(21-19-20-8-11-25-19)14-6-7-15-13-22(9-10-24-17(15)12-14)16-4-2-1-3-5-16/h1-8,11-12H,9-10,13H2,(H,20,21,23). The van der Waals surface area contributed by atoms with E-state index in [4.69, 9.17) is 4.74 Å². The summed E-state index contributed by atoms with van der Waals surface area (Å²) in [5.74, 6) is 0.593. The summed E-state index contributed by atoms with van der Waals surface area (Å²) in [5, 5.41) is 5.22. The van der Waals surface area contributed by atoms with Crippen LogP contribution in [0.2, 0.25) is 0 Å². The molecule has 0 spiro atoms. The maximum absolute atomic E-state index is 12.4. The van der Waals surface area contributed by atoms with Gasteiger partial charge >= 0.3 is 0 Å². The molecule has 1 aliphatic heterocycles. The van der Waals surface area contributed by atoms with Crippen LogP contribution in [0.15, 0.2) is 60.1 Å². The van der Waals surface area contributed by atoms with Crippen molar-refractivity contribution in [3.63, 3.8) is 0 Å². The molecule has 126 valence electrons. The largest absolute Gasteiger partial charge is 0.491 e. The van der Waals surface area contributed by atoms with E-state index in [2.05, 4.69) is 27.3 Å². The number of anilines is 2. The molecule has 3 aromatic rings. The molecule has 0 saturated heterocycles. The molecular weight excluding hydrogens is 334 g/mol. The topological polar surface area (TPSA) is 54.5 Å². The van der Waals surface area contributed by atoms with E-state index in [1.807, 2.05) is 41.8 Å². The van der Waals surface area contributed by atoms with Gasteiger partial charge < -0.3 is 9.64 Å². The SMILES string of the molecule is O=C(Nc1nccs1)c1ccc2c(c1)OCCN(c1ccccc1)C2. The zero-order valence-electron chi connectivity index (χ0n) is 13.5. The van der Waals surface area contributed by atoms with Crippen LogP contribution in [0.1, 0.15) is 15.9 Å². The minimum absolute atomic E-state index is 0.175. The fourth-order valence-corrected chi connectivity index (χ4v) is 3.35. The molecule has 0 bridgehead atoms. The van der Waals surface area contributed by atoms with Crippen molar-refractivity contribution in [1.29, 1.82) is 0 Å². The fourth-order valence-electron chi connectivity index (χ4n) is 2.82. The van der Waals surface area contributed by atoms with Gasteiger partial charge in [-0.25, -0.2) is 4.98 Å². The first kappa shape index (κ1) is 15.7. The Morgan fingerprint density at radius 1 is 1.20 bits per heavy atom. The monoisotopic (exact) mass is 351 g/mol. The van der Waals surface area contributed by atoms with Crippen molar-refractivity contribution in [2.24, 2.45) is 0 Å². The molecule has 4 rings (SSSR count). The van der Waals surface area contributed by atoms with Crippen LogP contribution in [0, 0.1) is 0 Å². The summed E-state index contributed by atoms with van der Waals surface area (Å²) in [6.07, 6.45) is 1.67. The molecule has 2 heterocycles. The zero-order valence-corrected chi connectivity index (χ0v) is 14.3. The Morgan fingerprint density at radius 2 is 2.08 bits per heavy atom. The number of fused-ring (bicyclic) bond motifs is 1. The second kappa shape index (κ2) is 6.94. The summed E-state index contributed by atoms with van der Waals surface area (Å²) in [4.78, 5) is 18.7. The highest BCUT2D eigenvalue weighted by atomic mass is 32.1. The van der Waals surface area contributed by atoms with Gasteiger partial charge in [0, 0.05) is 34.9 Å². The molecule has 2 aromatic carbocycles. The average molecular weight is 351 g/mol. The van der Waals surface area contributed by atoms with Crippen LogP contribution in [-0.2, 0) is 6.54 Å². The van der Waals surface area contributed by atoms with Gasteiger partial charge in [-0.2, -0.15) is 0 Å². The van der Waals surface area contributed by atoms with Crippen molar-refractivity contribution in [2.75, 3.05) is 23.4 Å². The number of rotatable bonds is 3. The molecule has 0 atom stereocenters. The zero-order chi connectivity index (χ0) is 17.1. The van der Waals surface area contributed by atoms with Crippen molar-refractivity contribution in [3.05, 3.63) is 71.2 Å². The van der Waals surface area contributed by atoms with E-state index in [1.54, 1.807) is 6.20 Å². The number of hydrogen-bond acceptors (Lipinski definition) is 5. The first-order valence-electron chi connectivity index (χ1n) is 8.06. The molecule has 0 unspecified atom stereocenters. The number of aromatic nitrogens is 1. The Kier molecular flexibility index (Phi) is 4.35. The summed E-state index contributed by atoms with van der Waals surface area (Å²) < 4.78 is 5.89. The number of nitrogens with one attached hydrogen (secondary N) is 1. The number of nitrogens with zero attached hydrogens (tertiary/aromatic N) is 2. The highest BCUT2D eigenvalue weighted by Crippen LogP contribution is 2.27. The van der Waals surface area contributed by atoms with Gasteiger partial charge in [0.2, 0.25) is 0 Å². The summed E-state index contributed by atoms with van der Waals surface area (Å²) >= 11 is 1.39. The Bertz CT molecular complexity index is 866. The number of thiazole rings is 1. The number of amides is 1. The molecule has 25 heavy (non-hydrogen) atoms. The van der Waals surface area contributed by atoms with Gasteiger partial charge in [0.1, 0.15) is 12.4 Å². The Hall–Kier alpha value is -2.86. The summed E-state index contributed by atoms with van der Waals surface area (Å²) in [6.45, 7) is 2.15. The lowest BCUT2D eigenvalue weighted by molar-refractivity contribution is 0.102. The number of carbonyl (C=O) groups is 1. The van der Waals surface area contributed by atoms with Crippen molar-refractivity contribution >= 4 is 28.1 Å². The number of para-hydroxylation sites is 1. The molecule has 1 amide bonds. The minimum Gasteiger partial charge on any atom is -0.491 e. The van der Waals surface area contributed by atoms with Gasteiger partial charge in [0.15, 0.2) is 5.13 Å². The van der Waals surface area contributed by atoms with E-state index in [0.717, 1.165) is 24.4 Å².